The van der Waals surface area contributed by atoms with Gasteiger partial charge in [0.05, 0.1) is 16.8 Å². The monoisotopic (exact) mass is 414 g/mol. The highest BCUT2D eigenvalue weighted by atomic mass is 19.4. The van der Waals surface area contributed by atoms with Crippen LogP contribution >= 0.6 is 0 Å². The number of nitrogen functional groups attached to an aromatic ring is 1. The number of aryl methyl sites for hydroxylation is 1. The van der Waals surface area contributed by atoms with Gasteiger partial charge in [0, 0.05) is 23.5 Å². The maximum absolute atomic E-state index is 13.8. The van der Waals surface area contributed by atoms with E-state index in [1.54, 1.807) is 13.0 Å². The molecule has 3 aromatic rings. The lowest BCUT2D eigenvalue weighted by Crippen LogP contribution is -2.15. The molecule has 0 aliphatic rings. The molecule has 0 saturated heterocycles. The summed E-state index contributed by atoms with van der Waals surface area (Å²) in [4.78, 5) is 20.0. The fourth-order valence-electron chi connectivity index (χ4n) is 2.48. The molecule has 30 heavy (non-hydrogen) atoms. The molecule has 1 heterocycles. The van der Waals surface area contributed by atoms with E-state index in [0.717, 1.165) is 0 Å². The van der Waals surface area contributed by atoms with Crippen molar-refractivity contribution in [3.8, 4) is 11.8 Å². The van der Waals surface area contributed by atoms with Crippen molar-refractivity contribution in [3.05, 3.63) is 82.4 Å². The Hall–Kier alpha value is -3.93. The van der Waals surface area contributed by atoms with E-state index >= 15 is 0 Å². The number of carbonyl (C=O) groups is 1. The van der Waals surface area contributed by atoms with Gasteiger partial charge in [0.2, 0.25) is 5.95 Å². The molecular formula is C21H14F4N4O. The van der Waals surface area contributed by atoms with Gasteiger partial charge in [-0.1, -0.05) is 11.8 Å². The third-order valence-corrected chi connectivity index (χ3v) is 4.04. The first-order valence-corrected chi connectivity index (χ1v) is 8.52. The number of nitrogens with two attached hydrogens (primary N) is 1. The van der Waals surface area contributed by atoms with Crippen LogP contribution < -0.4 is 11.1 Å². The van der Waals surface area contributed by atoms with Crippen LogP contribution in [0.2, 0.25) is 0 Å². The number of hydrogen-bond donors (Lipinski definition) is 2. The Kier molecular flexibility index (Phi) is 5.69. The molecule has 0 aliphatic heterocycles. The lowest BCUT2D eigenvalue weighted by Gasteiger charge is -2.11. The maximum Gasteiger partial charge on any atom is 0.416 e. The fraction of sp³-hybridized carbons (Fsp3) is 0.0952. The second-order valence-corrected chi connectivity index (χ2v) is 6.26. The van der Waals surface area contributed by atoms with Crippen molar-refractivity contribution in [3.63, 3.8) is 0 Å². The van der Waals surface area contributed by atoms with E-state index in [-0.39, 0.29) is 11.5 Å². The van der Waals surface area contributed by atoms with Crippen LogP contribution in [0.15, 0.2) is 48.8 Å². The van der Waals surface area contributed by atoms with Gasteiger partial charge >= 0.3 is 6.18 Å². The van der Waals surface area contributed by atoms with Crippen LogP contribution in [0.25, 0.3) is 0 Å². The number of hydrogen-bond acceptors (Lipinski definition) is 4. The van der Waals surface area contributed by atoms with E-state index in [1.807, 2.05) is 0 Å². The molecule has 0 bridgehead atoms. The molecule has 3 rings (SSSR count). The zero-order valence-corrected chi connectivity index (χ0v) is 15.5. The number of anilines is 2. The summed E-state index contributed by atoms with van der Waals surface area (Å²) in [5, 5.41) is 2.17. The van der Waals surface area contributed by atoms with E-state index in [0.29, 0.717) is 34.9 Å². The largest absolute Gasteiger partial charge is 0.416 e. The van der Waals surface area contributed by atoms with Gasteiger partial charge in [-0.15, -0.1) is 0 Å². The zero-order chi connectivity index (χ0) is 21.9. The minimum Gasteiger partial charge on any atom is -0.368 e. The predicted molar refractivity (Wildman–Crippen MR) is 103 cm³/mol. The highest BCUT2D eigenvalue weighted by Crippen LogP contribution is 2.32. The summed E-state index contributed by atoms with van der Waals surface area (Å²) in [7, 11) is 0. The molecule has 0 fully saturated rings. The van der Waals surface area contributed by atoms with Gasteiger partial charge in [-0.2, -0.15) is 13.2 Å². The van der Waals surface area contributed by atoms with Crippen molar-refractivity contribution in [1.82, 2.24) is 9.97 Å². The number of aromatic nitrogens is 2. The van der Waals surface area contributed by atoms with Crippen molar-refractivity contribution in [2.45, 2.75) is 13.1 Å². The van der Waals surface area contributed by atoms with Crippen LogP contribution in [-0.4, -0.2) is 15.9 Å². The Balaban J connectivity index is 1.80. The average molecular weight is 414 g/mol. The Morgan fingerprint density at radius 2 is 1.77 bits per heavy atom. The van der Waals surface area contributed by atoms with Crippen molar-refractivity contribution >= 4 is 17.5 Å². The molecule has 1 aromatic heterocycles. The van der Waals surface area contributed by atoms with Gasteiger partial charge in [0.1, 0.15) is 5.82 Å². The van der Waals surface area contributed by atoms with Crippen molar-refractivity contribution < 1.29 is 22.4 Å². The highest BCUT2D eigenvalue weighted by molar-refractivity contribution is 6.04. The zero-order valence-electron chi connectivity index (χ0n) is 15.5. The van der Waals surface area contributed by atoms with Crippen molar-refractivity contribution in [2.24, 2.45) is 0 Å². The lowest BCUT2D eigenvalue weighted by atomic mass is 10.0. The molecule has 9 heteroatoms. The molecule has 5 nitrogen and oxygen atoms in total. The van der Waals surface area contributed by atoms with E-state index in [9.17, 15) is 22.4 Å². The number of carbonyl (C=O) groups excluding carboxylic acids is 1. The van der Waals surface area contributed by atoms with Gasteiger partial charge in [0.25, 0.3) is 5.91 Å². The standard InChI is InChI=1S/C21H14F4N4O/c1-12-8-15(5-4-14(12)3-2-13-10-27-20(26)28-11-13)19(30)29-18-9-16(21(23,24)25)6-7-17(18)22/h4-11H,1H3,(H,29,30)(H2,26,27,28). The summed E-state index contributed by atoms with van der Waals surface area (Å²) in [5.74, 6) is 4.18. The predicted octanol–water partition coefficient (Wildman–Crippen LogP) is 4.18. The molecule has 152 valence electrons. The van der Waals surface area contributed by atoms with E-state index in [2.05, 4.69) is 27.1 Å². The van der Waals surface area contributed by atoms with Gasteiger partial charge in [-0.05, 0) is 48.9 Å². The summed E-state index contributed by atoms with van der Waals surface area (Å²) in [6, 6.07) is 6.34. The summed E-state index contributed by atoms with van der Waals surface area (Å²) in [6.07, 6.45) is -1.72. The van der Waals surface area contributed by atoms with E-state index in [1.165, 1.54) is 24.5 Å². The average Bonchev–Trinajstić information content (AvgIpc) is 2.69. The summed E-state index contributed by atoms with van der Waals surface area (Å²) in [6.45, 7) is 1.71. The molecule has 0 unspecified atom stereocenters. The molecule has 3 N–H and O–H groups in total. The van der Waals surface area contributed by atoms with Crippen LogP contribution in [0.1, 0.15) is 32.6 Å². The molecule has 0 spiro atoms. The van der Waals surface area contributed by atoms with E-state index < -0.39 is 29.2 Å². The topological polar surface area (TPSA) is 80.9 Å². The Morgan fingerprint density at radius 1 is 1.07 bits per heavy atom. The minimum atomic E-state index is -4.65. The second kappa shape index (κ2) is 8.21. The van der Waals surface area contributed by atoms with Gasteiger partial charge < -0.3 is 11.1 Å². The molecule has 0 atom stereocenters. The minimum absolute atomic E-state index is 0.129. The number of rotatable bonds is 2. The van der Waals surface area contributed by atoms with Gasteiger partial charge in [0.15, 0.2) is 0 Å². The van der Waals surface area contributed by atoms with Gasteiger partial charge in [-0.3, -0.25) is 4.79 Å². The Labute approximate surface area is 169 Å². The summed E-state index contributed by atoms with van der Waals surface area (Å²) < 4.78 is 52.3. The van der Waals surface area contributed by atoms with Crippen LogP contribution in [-0.2, 0) is 6.18 Å². The first-order chi connectivity index (χ1) is 14.1. The van der Waals surface area contributed by atoms with Crippen LogP contribution in [0.4, 0.5) is 29.2 Å². The fourth-order valence-corrected chi connectivity index (χ4v) is 2.48. The molecule has 2 aromatic carbocycles. The van der Waals surface area contributed by atoms with Gasteiger partial charge in [-0.25, -0.2) is 14.4 Å². The number of halogens is 4. The third-order valence-electron chi connectivity index (χ3n) is 4.04. The first-order valence-electron chi connectivity index (χ1n) is 8.52. The number of benzene rings is 2. The molecule has 1 amide bonds. The molecule has 0 saturated carbocycles. The van der Waals surface area contributed by atoms with Crippen LogP contribution in [0.5, 0.6) is 0 Å². The van der Waals surface area contributed by atoms with Crippen LogP contribution in [0.3, 0.4) is 0 Å². The molecular weight excluding hydrogens is 400 g/mol. The number of alkyl halides is 3. The number of nitrogens with zero attached hydrogens (tertiary/aromatic N) is 2. The van der Waals surface area contributed by atoms with Crippen molar-refractivity contribution in [1.29, 1.82) is 0 Å². The Bertz CT molecular complexity index is 1160. The number of nitrogens with one attached hydrogen (secondary N) is 1. The third kappa shape index (κ3) is 4.91. The van der Waals surface area contributed by atoms with Crippen LogP contribution in [0, 0.1) is 24.6 Å². The second-order valence-electron chi connectivity index (χ2n) is 6.26. The number of amides is 1. The summed E-state index contributed by atoms with van der Waals surface area (Å²) >= 11 is 0. The SMILES string of the molecule is Cc1cc(C(=O)Nc2cc(C(F)(F)F)ccc2F)ccc1C#Cc1cnc(N)nc1. The van der Waals surface area contributed by atoms with Crippen molar-refractivity contribution in [2.75, 3.05) is 11.1 Å². The normalized spacial score (nSPS) is 10.8. The Morgan fingerprint density at radius 3 is 2.40 bits per heavy atom. The maximum atomic E-state index is 13.8. The quantitative estimate of drug-likeness (QED) is 0.487. The molecule has 0 radical (unpaired) electrons. The lowest BCUT2D eigenvalue weighted by molar-refractivity contribution is -0.137. The smallest absolute Gasteiger partial charge is 0.368 e. The first kappa shape index (κ1) is 20.8. The highest BCUT2D eigenvalue weighted by Gasteiger charge is 2.31. The van der Waals surface area contributed by atoms with E-state index in [4.69, 9.17) is 5.73 Å². The molecule has 0 aliphatic carbocycles. The summed E-state index contributed by atoms with van der Waals surface area (Å²) in [5.41, 5.74) is 5.75.